The molecule has 4 nitrogen and oxygen atoms in total. The average Bonchev–Trinajstić information content (AvgIpc) is 2.91. The summed E-state index contributed by atoms with van der Waals surface area (Å²) in [6.45, 7) is 3.93. The number of rotatable bonds is 4. The molecule has 2 atom stereocenters. The maximum absolute atomic E-state index is 12.3. The maximum atomic E-state index is 12.3. The number of aryl methyl sites for hydroxylation is 1. The molecule has 3 N–H and O–H groups in total. The molecule has 24 heavy (non-hydrogen) atoms. The lowest BCUT2D eigenvalue weighted by Gasteiger charge is -2.16. The van der Waals surface area contributed by atoms with Crippen LogP contribution in [0.4, 0.5) is 5.69 Å². The number of hydrogen-bond acceptors (Lipinski definition) is 3. The predicted molar refractivity (Wildman–Crippen MR) is 101 cm³/mol. The van der Waals surface area contributed by atoms with E-state index in [-0.39, 0.29) is 17.9 Å². The van der Waals surface area contributed by atoms with Gasteiger partial charge < -0.3 is 11.1 Å². The van der Waals surface area contributed by atoms with Crippen molar-refractivity contribution >= 4 is 27.5 Å². The van der Waals surface area contributed by atoms with E-state index in [1.165, 1.54) is 5.56 Å². The van der Waals surface area contributed by atoms with Gasteiger partial charge in [0, 0.05) is 29.5 Å². The molecular formula is C19H22BrN3O. The van der Waals surface area contributed by atoms with Crippen LogP contribution >= 0.6 is 15.9 Å². The maximum Gasteiger partial charge on any atom is 0.238 e. The SMILES string of the molecule is Cc1ccc(NC(=O)CN2C[C@@H](N)[C@H](c3ccccc3)C2)c(Br)c1. The molecule has 5 heteroatoms. The van der Waals surface area contributed by atoms with Crippen LogP contribution < -0.4 is 11.1 Å². The van der Waals surface area contributed by atoms with E-state index in [2.05, 4.69) is 38.3 Å². The molecule has 0 aliphatic carbocycles. The van der Waals surface area contributed by atoms with Crippen molar-refractivity contribution in [1.82, 2.24) is 4.90 Å². The first-order valence-corrected chi connectivity index (χ1v) is 8.91. The smallest absolute Gasteiger partial charge is 0.238 e. The summed E-state index contributed by atoms with van der Waals surface area (Å²) in [5.74, 6) is 0.269. The molecule has 0 radical (unpaired) electrons. The van der Waals surface area contributed by atoms with Crippen molar-refractivity contribution in [1.29, 1.82) is 0 Å². The van der Waals surface area contributed by atoms with Gasteiger partial charge in [0.15, 0.2) is 0 Å². The third kappa shape index (κ3) is 4.04. The van der Waals surface area contributed by atoms with Gasteiger partial charge >= 0.3 is 0 Å². The van der Waals surface area contributed by atoms with Crippen molar-refractivity contribution in [3.05, 3.63) is 64.1 Å². The highest BCUT2D eigenvalue weighted by Gasteiger charge is 2.32. The number of anilines is 1. The Morgan fingerprint density at radius 1 is 1.25 bits per heavy atom. The fourth-order valence-electron chi connectivity index (χ4n) is 3.21. The molecule has 0 bridgehead atoms. The van der Waals surface area contributed by atoms with Gasteiger partial charge in [-0.15, -0.1) is 0 Å². The summed E-state index contributed by atoms with van der Waals surface area (Å²) in [4.78, 5) is 14.5. The summed E-state index contributed by atoms with van der Waals surface area (Å²) in [5, 5.41) is 2.97. The molecule has 3 rings (SSSR count). The second kappa shape index (κ2) is 7.47. The van der Waals surface area contributed by atoms with Gasteiger partial charge in [-0.25, -0.2) is 0 Å². The summed E-state index contributed by atoms with van der Waals surface area (Å²) in [6, 6.07) is 16.2. The van der Waals surface area contributed by atoms with E-state index < -0.39 is 0 Å². The summed E-state index contributed by atoms with van der Waals surface area (Å²) in [5.41, 5.74) is 9.48. The van der Waals surface area contributed by atoms with E-state index in [1.54, 1.807) is 0 Å². The topological polar surface area (TPSA) is 58.4 Å². The van der Waals surface area contributed by atoms with E-state index >= 15 is 0 Å². The third-order valence-electron chi connectivity index (χ3n) is 4.43. The van der Waals surface area contributed by atoms with Gasteiger partial charge in [-0.05, 0) is 46.1 Å². The van der Waals surface area contributed by atoms with E-state index in [4.69, 9.17) is 5.73 Å². The lowest BCUT2D eigenvalue weighted by Crippen LogP contribution is -2.33. The first-order chi connectivity index (χ1) is 11.5. The molecule has 1 fully saturated rings. The summed E-state index contributed by atoms with van der Waals surface area (Å²) >= 11 is 3.49. The molecular weight excluding hydrogens is 366 g/mol. The van der Waals surface area contributed by atoms with Crippen LogP contribution in [0.1, 0.15) is 17.0 Å². The van der Waals surface area contributed by atoms with Gasteiger partial charge in [0.25, 0.3) is 0 Å². The van der Waals surface area contributed by atoms with Crippen molar-refractivity contribution in [3.8, 4) is 0 Å². The van der Waals surface area contributed by atoms with E-state index in [0.717, 1.165) is 28.8 Å². The van der Waals surface area contributed by atoms with Crippen LogP contribution in [-0.4, -0.2) is 36.5 Å². The molecule has 0 spiro atoms. The van der Waals surface area contributed by atoms with Crippen molar-refractivity contribution in [2.75, 3.05) is 25.0 Å². The Morgan fingerprint density at radius 2 is 2.00 bits per heavy atom. The van der Waals surface area contributed by atoms with Crippen LogP contribution in [0.2, 0.25) is 0 Å². The molecule has 126 valence electrons. The van der Waals surface area contributed by atoms with Gasteiger partial charge in [0.05, 0.1) is 12.2 Å². The van der Waals surface area contributed by atoms with Crippen LogP contribution in [0, 0.1) is 6.92 Å². The van der Waals surface area contributed by atoms with Crippen LogP contribution in [0.25, 0.3) is 0 Å². The van der Waals surface area contributed by atoms with Crippen molar-refractivity contribution in [3.63, 3.8) is 0 Å². The molecule has 2 aromatic carbocycles. The van der Waals surface area contributed by atoms with Crippen molar-refractivity contribution in [2.24, 2.45) is 5.73 Å². The van der Waals surface area contributed by atoms with Crippen molar-refractivity contribution in [2.45, 2.75) is 18.9 Å². The molecule has 1 heterocycles. The van der Waals surface area contributed by atoms with Gasteiger partial charge in [-0.1, -0.05) is 36.4 Å². The fraction of sp³-hybridized carbons (Fsp3) is 0.316. The zero-order chi connectivity index (χ0) is 17.1. The Balaban J connectivity index is 1.59. The fourth-order valence-corrected chi connectivity index (χ4v) is 3.80. The molecule has 2 aromatic rings. The van der Waals surface area contributed by atoms with Gasteiger partial charge in [-0.2, -0.15) is 0 Å². The van der Waals surface area contributed by atoms with Gasteiger partial charge in [-0.3, -0.25) is 9.69 Å². The number of carbonyl (C=O) groups is 1. The number of benzene rings is 2. The van der Waals surface area contributed by atoms with E-state index in [1.807, 2.05) is 43.3 Å². The number of carbonyl (C=O) groups excluding carboxylic acids is 1. The Bertz CT molecular complexity index is 720. The number of nitrogens with zero attached hydrogens (tertiary/aromatic N) is 1. The lowest BCUT2D eigenvalue weighted by atomic mass is 9.95. The molecule has 1 aliphatic rings. The lowest BCUT2D eigenvalue weighted by molar-refractivity contribution is -0.117. The Morgan fingerprint density at radius 3 is 2.71 bits per heavy atom. The number of halogens is 1. The standard InChI is InChI=1S/C19H22BrN3O/c1-13-7-8-18(16(20)9-13)22-19(24)12-23-10-15(17(21)11-23)14-5-3-2-4-6-14/h2-9,15,17H,10-12,21H2,1H3,(H,22,24)/t15-,17+/m0/s1. The minimum absolute atomic E-state index is 0.0135. The highest BCUT2D eigenvalue weighted by molar-refractivity contribution is 9.10. The van der Waals surface area contributed by atoms with Gasteiger partial charge in [0.2, 0.25) is 5.91 Å². The number of likely N-dealkylation sites (tertiary alicyclic amines) is 1. The molecule has 0 aromatic heterocycles. The van der Waals surface area contributed by atoms with Crippen LogP contribution in [0.15, 0.2) is 53.0 Å². The first-order valence-electron chi connectivity index (χ1n) is 8.12. The second-order valence-corrected chi connectivity index (χ2v) is 7.26. The highest BCUT2D eigenvalue weighted by Crippen LogP contribution is 2.27. The average molecular weight is 388 g/mol. The molecule has 1 amide bonds. The van der Waals surface area contributed by atoms with Crippen molar-refractivity contribution < 1.29 is 4.79 Å². The predicted octanol–water partition coefficient (Wildman–Crippen LogP) is 3.12. The van der Waals surface area contributed by atoms with Crippen LogP contribution in [0.5, 0.6) is 0 Å². The Kier molecular flexibility index (Phi) is 5.33. The minimum Gasteiger partial charge on any atom is -0.326 e. The zero-order valence-electron chi connectivity index (χ0n) is 13.7. The first kappa shape index (κ1) is 17.1. The minimum atomic E-state index is -0.0135. The molecule has 1 saturated heterocycles. The monoisotopic (exact) mass is 387 g/mol. The number of nitrogens with two attached hydrogens (primary N) is 1. The molecule has 0 unspecified atom stereocenters. The summed E-state index contributed by atoms with van der Waals surface area (Å²) in [7, 11) is 0. The Hall–Kier alpha value is -1.69. The largest absolute Gasteiger partial charge is 0.326 e. The van der Waals surface area contributed by atoms with Crippen LogP contribution in [-0.2, 0) is 4.79 Å². The zero-order valence-corrected chi connectivity index (χ0v) is 15.3. The highest BCUT2D eigenvalue weighted by atomic mass is 79.9. The number of nitrogens with one attached hydrogen (secondary N) is 1. The van der Waals surface area contributed by atoms with Gasteiger partial charge in [0.1, 0.15) is 0 Å². The Labute approximate surface area is 151 Å². The quantitative estimate of drug-likeness (QED) is 0.846. The third-order valence-corrected chi connectivity index (χ3v) is 5.09. The van der Waals surface area contributed by atoms with E-state index in [9.17, 15) is 4.79 Å². The van der Waals surface area contributed by atoms with E-state index in [0.29, 0.717) is 6.54 Å². The molecule has 0 saturated carbocycles. The normalized spacial score (nSPS) is 21.0. The number of hydrogen-bond donors (Lipinski definition) is 2. The second-order valence-electron chi connectivity index (χ2n) is 6.41. The van der Waals surface area contributed by atoms with Crippen LogP contribution in [0.3, 0.4) is 0 Å². The summed E-state index contributed by atoms with van der Waals surface area (Å²) < 4.78 is 0.899. The number of amides is 1. The molecule has 1 aliphatic heterocycles. The summed E-state index contributed by atoms with van der Waals surface area (Å²) in [6.07, 6.45) is 0.